The molecule has 0 amide bonds. The average molecular weight is 606 g/mol. The van der Waals surface area contributed by atoms with E-state index < -0.39 is 26.7 Å². The monoisotopic (exact) mass is 605 g/mol. The molecule has 0 spiro atoms. The van der Waals surface area contributed by atoms with Gasteiger partial charge in [0.15, 0.2) is 0 Å². The summed E-state index contributed by atoms with van der Waals surface area (Å²) in [6.07, 6.45) is 0. The second-order valence-electron chi connectivity index (χ2n) is 9.00. The number of phenols is 2. The van der Waals surface area contributed by atoms with Gasteiger partial charge in [-0.15, -0.1) is 5.11 Å². The van der Waals surface area contributed by atoms with E-state index in [-0.39, 0.29) is 68.7 Å². The molecule has 0 saturated carbocycles. The van der Waals surface area contributed by atoms with Crippen molar-refractivity contribution in [2.75, 3.05) is 5.73 Å². The number of carbonyl (C=O) groups is 1. The third-order valence-electron chi connectivity index (χ3n) is 6.19. The first-order chi connectivity index (χ1) is 20.0. The Bertz CT molecular complexity index is 2020. The number of rotatable bonds is 7. The van der Waals surface area contributed by atoms with E-state index in [2.05, 4.69) is 20.5 Å². The minimum Gasteiger partial charge on any atom is -0.744 e. The van der Waals surface area contributed by atoms with E-state index in [4.69, 9.17) is 10.8 Å². The topological polar surface area (TPSA) is 210 Å². The number of carboxylic acids is 1. The smallest absolute Gasteiger partial charge is 0.744 e. The number of hydrogen-bond acceptors (Lipinski definition) is 11. The first kappa shape index (κ1) is 31.3. The van der Waals surface area contributed by atoms with E-state index in [1.165, 1.54) is 30.3 Å². The van der Waals surface area contributed by atoms with Crippen molar-refractivity contribution in [3.8, 4) is 22.6 Å². The molecule has 0 atom stereocenters. The average Bonchev–Trinajstić information content (AvgIpc) is 2.96. The van der Waals surface area contributed by atoms with E-state index in [1.807, 2.05) is 24.3 Å². The molecule has 0 radical (unpaired) electrons. The van der Waals surface area contributed by atoms with Gasteiger partial charge in [-0.1, -0.05) is 30.3 Å². The van der Waals surface area contributed by atoms with Crippen LogP contribution in [0, 0.1) is 0 Å². The number of benzene rings is 5. The van der Waals surface area contributed by atoms with E-state index in [0.717, 1.165) is 23.3 Å². The molecule has 0 aromatic heterocycles. The molecule has 0 saturated heterocycles. The summed E-state index contributed by atoms with van der Waals surface area (Å²) >= 11 is 0. The number of anilines is 1. The molecule has 12 nitrogen and oxygen atoms in total. The fraction of sp³-hybridized carbons (Fsp3) is 0. The SMILES string of the molecule is Nc1ccc2cc(S(=O)(=O)[O-])cc(O)c2c1N=Nc1ccc(-c2ccc(N=Nc3ccc(O)c(C(=O)O)c3)cc2)cc1.[Na+]. The van der Waals surface area contributed by atoms with Gasteiger partial charge in [0.05, 0.1) is 33.0 Å². The Morgan fingerprint density at radius 3 is 1.79 bits per heavy atom. The maximum absolute atomic E-state index is 11.4. The molecule has 0 heterocycles. The van der Waals surface area contributed by atoms with Crippen molar-refractivity contribution >= 4 is 55.3 Å². The Labute approximate surface area is 266 Å². The van der Waals surface area contributed by atoms with Crippen molar-refractivity contribution < 1.29 is 62.6 Å². The van der Waals surface area contributed by atoms with Crippen LogP contribution in [-0.2, 0) is 10.1 Å². The zero-order valence-electron chi connectivity index (χ0n) is 22.4. The van der Waals surface area contributed by atoms with Gasteiger partial charge >= 0.3 is 35.5 Å². The Balaban J connectivity index is 0.00000423. The minimum absolute atomic E-state index is 0. The van der Waals surface area contributed by atoms with Gasteiger partial charge in [0, 0.05) is 0 Å². The van der Waals surface area contributed by atoms with Crippen LogP contribution in [-0.4, -0.2) is 34.3 Å². The van der Waals surface area contributed by atoms with Gasteiger partial charge in [-0.2, -0.15) is 15.3 Å². The number of nitrogen functional groups attached to an aromatic ring is 1. The zero-order chi connectivity index (χ0) is 30.0. The van der Waals surface area contributed by atoms with Crippen LogP contribution >= 0.6 is 0 Å². The standard InChI is InChI=1S/C29H21N5O7S.Na/c30-24-11-5-18-13-22(42(39,40)41)15-26(36)27(18)28(24)34-32-20-8-3-17(4-9-20)16-1-6-19(7-2-16)31-33-21-10-12-25(35)23(14-21)29(37)38;/h1-15,35-36H,30H2,(H,37,38)(H,39,40,41);/q;+1/p-1. The molecular weight excluding hydrogens is 585 g/mol. The number of azo groups is 2. The molecule has 5 rings (SSSR count). The number of nitrogens with two attached hydrogens (primary N) is 1. The third kappa shape index (κ3) is 7.05. The van der Waals surface area contributed by atoms with Gasteiger partial charge in [-0.25, -0.2) is 13.2 Å². The molecular formula is C29H20N5NaO7S. The molecule has 0 aliphatic carbocycles. The third-order valence-corrected chi connectivity index (χ3v) is 7.00. The van der Waals surface area contributed by atoms with Gasteiger partial charge in [0.25, 0.3) is 0 Å². The summed E-state index contributed by atoms with van der Waals surface area (Å²) in [5, 5.41) is 46.1. The van der Waals surface area contributed by atoms with E-state index in [0.29, 0.717) is 11.4 Å². The summed E-state index contributed by atoms with van der Waals surface area (Å²) in [6, 6.07) is 23.1. The molecule has 5 N–H and O–H groups in total. The fourth-order valence-electron chi connectivity index (χ4n) is 4.09. The van der Waals surface area contributed by atoms with Crippen LogP contribution in [0.4, 0.5) is 28.4 Å². The normalized spacial score (nSPS) is 11.7. The number of aromatic carboxylic acids is 1. The Hall–Kier alpha value is -4.66. The Morgan fingerprint density at radius 2 is 1.23 bits per heavy atom. The van der Waals surface area contributed by atoms with Crippen LogP contribution in [0.25, 0.3) is 21.9 Å². The minimum atomic E-state index is -4.78. The number of carboxylic acid groups (broad SMARTS) is 1. The molecule has 210 valence electrons. The van der Waals surface area contributed by atoms with Crippen LogP contribution in [0.5, 0.6) is 11.5 Å². The van der Waals surface area contributed by atoms with Gasteiger partial charge in [-0.05, 0) is 77.2 Å². The van der Waals surface area contributed by atoms with Crippen molar-refractivity contribution in [1.29, 1.82) is 0 Å². The number of phenolic OH excluding ortho intramolecular Hbond substituents is 1. The maximum Gasteiger partial charge on any atom is 1.00 e. The van der Waals surface area contributed by atoms with Gasteiger partial charge in [0.1, 0.15) is 32.9 Å². The van der Waals surface area contributed by atoms with E-state index in [9.17, 15) is 28.0 Å². The van der Waals surface area contributed by atoms with Gasteiger partial charge in [0.2, 0.25) is 0 Å². The fourth-order valence-corrected chi connectivity index (χ4v) is 4.62. The van der Waals surface area contributed by atoms with E-state index >= 15 is 0 Å². The molecule has 0 unspecified atom stereocenters. The predicted molar refractivity (Wildman–Crippen MR) is 153 cm³/mol. The molecule has 5 aromatic carbocycles. The summed E-state index contributed by atoms with van der Waals surface area (Å²) < 4.78 is 34.2. The van der Waals surface area contributed by atoms with Crippen LogP contribution in [0.3, 0.4) is 0 Å². The van der Waals surface area contributed by atoms with Crippen molar-refractivity contribution in [1.82, 2.24) is 0 Å². The Kier molecular flexibility index (Phi) is 9.23. The van der Waals surface area contributed by atoms with Crippen LogP contribution < -0.4 is 35.3 Å². The molecule has 5 aromatic rings. The Morgan fingerprint density at radius 1 is 0.698 bits per heavy atom. The van der Waals surface area contributed by atoms with Crippen molar-refractivity contribution in [3.05, 3.63) is 96.6 Å². The quantitative estimate of drug-likeness (QED) is 0.0921. The zero-order valence-corrected chi connectivity index (χ0v) is 25.2. The number of nitrogens with zero attached hydrogens (tertiary/aromatic N) is 4. The number of fused-ring (bicyclic) bond motifs is 1. The first-order valence-corrected chi connectivity index (χ1v) is 13.5. The maximum atomic E-state index is 11.4. The number of aromatic hydroxyl groups is 2. The number of hydrogen-bond donors (Lipinski definition) is 4. The van der Waals surface area contributed by atoms with Crippen LogP contribution in [0.2, 0.25) is 0 Å². The summed E-state index contributed by atoms with van der Waals surface area (Å²) in [6.45, 7) is 0. The molecule has 0 fully saturated rings. The van der Waals surface area contributed by atoms with Crippen LogP contribution in [0.1, 0.15) is 10.4 Å². The molecule has 0 aliphatic rings. The van der Waals surface area contributed by atoms with Crippen LogP contribution in [0.15, 0.2) is 116 Å². The summed E-state index contributed by atoms with van der Waals surface area (Å²) in [5.41, 5.74) is 9.13. The second kappa shape index (κ2) is 12.7. The molecule has 0 bridgehead atoms. The molecule has 43 heavy (non-hydrogen) atoms. The van der Waals surface area contributed by atoms with Crippen molar-refractivity contribution in [3.63, 3.8) is 0 Å². The summed E-state index contributed by atoms with van der Waals surface area (Å²) in [7, 11) is -4.78. The first-order valence-electron chi connectivity index (χ1n) is 12.1. The second-order valence-corrected chi connectivity index (χ2v) is 10.4. The molecule has 0 aliphatic heterocycles. The predicted octanol–water partition coefficient (Wildman–Crippen LogP) is 3.94. The van der Waals surface area contributed by atoms with Gasteiger partial charge in [-0.3, -0.25) is 0 Å². The largest absolute Gasteiger partial charge is 1.00 e. The van der Waals surface area contributed by atoms with E-state index in [1.54, 1.807) is 24.3 Å². The van der Waals surface area contributed by atoms with Crippen molar-refractivity contribution in [2.45, 2.75) is 4.90 Å². The van der Waals surface area contributed by atoms with Crippen molar-refractivity contribution in [2.24, 2.45) is 20.5 Å². The van der Waals surface area contributed by atoms with Gasteiger partial charge < -0.3 is 25.6 Å². The molecule has 14 heteroatoms. The summed E-state index contributed by atoms with van der Waals surface area (Å²) in [5.74, 6) is -2.09. The summed E-state index contributed by atoms with van der Waals surface area (Å²) in [4.78, 5) is 10.6.